The average molecular weight is 328 g/mol. The van der Waals surface area contributed by atoms with Crippen molar-refractivity contribution < 1.29 is 9.59 Å². The summed E-state index contributed by atoms with van der Waals surface area (Å²) in [5, 5.41) is 8.40. The zero-order valence-corrected chi connectivity index (χ0v) is 14.1. The van der Waals surface area contributed by atoms with Crippen molar-refractivity contribution in [3.63, 3.8) is 0 Å². The predicted octanol–water partition coefficient (Wildman–Crippen LogP) is 1.19. The van der Waals surface area contributed by atoms with Crippen LogP contribution in [0.1, 0.15) is 24.0 Å². The summed E-state index contributed by atoms with van der Waals surface area (Å²) in [4.78, 5) is 23.1. The Bertz CT molecular complexity index is 449. The van der Waals surface area contributed by atoms with Gasteiger partial charge in [-0.05, 0) is 38.9 Å². The minimum Gasteiger partial charge on any atom is -0.355 e. The van der Waals surface area contributed by atoms with Gasteiger partial charge in [0.25, 0.3) is 0 Å². The molecule has 0 unspecified atom stereocenters. The molecule has 22 heavy (non-hydrogen) atoms. The second kappa shape index (κ2) is 12.0. The van der Waals surface area contributed by atoms with Crippen molar-refractivity contribution in [3.8, 4) is 0 Å². The van der Waals surface area contributed by atoms with E-state index >= 15 is 0 Å². The molecule has 0 aliphatic carbocycles. The van der Waals surface area contributed by atoms with Crippen LogP contribution in [0.25, 0.3) is 0 Å². The molecular formula is C16H26ClN3O2. The number of carbonyl (C=O) groups excluding carboxylic acids is 2. The van der Waals surface area contributed by atoms with Gasteiger partial charge in [0.1, 0.15) is 0 Å². The van der Waals surface area contributed by atoms with Crippen molar-refractivity contribution in [1.29, 1.82) is 0 Å². The lowest BCUT2D eigenvalue weighted by molar-refractivity contribution is -0.126. The minimum absolute atomic E-state index is 0. The molecular weight excluding hydrogens is 302 g/mol. The molecule has 0 saturated carbocycles. The van der Waals surface area contributed by atoms with Crippen molar-refractivity contribution >= 4 is 24.2 Å². The third kappa shape index (κ3) is 9.37. The highest BCUT2D eigenvalue weighted by molar-refractivity contribution is 5.85. The fraction of sp³-hybridized carbons (Fsp3) is 0.500. The highest BCUT2D eigenvalue weighted by Gasteiger charge is 2.05. The maximum Gasteiger partial charge on any atom is 0.239 e. The Hall–Kier alpha value is -1.59. The fourth-order valence-corrected chi connectivity index (χ4v) is 1.84. The first kappa shape index (κ1) is 20.4. The zero-order valence-electron chi connectivity index (χ0n) is 13.3. The minimum atomic E-state index is -0.144. The third-order valence-electron chi connectivity index (χ3n) is 3.13. The van der Waals surface area contributed by atoms with E-state index in [0.717, 1.165) is 18.5 Å². The molecule has 0 radical (unpaired) electrons. The second-order valence-electron chi connectivity index (χ2n) is 5.07. The van der Waals surface area contributed by atoms with Gasteiger partial charge in [-0.3, -0.25) is 9.59 Å². The van der Waals surface area contributed by atoms with E-state index in [2.05, 4.69) is 16.0 Å². The van der Waals surface area contributed by atoms with Crippen molar-refractivity contribution in [2.75, 3.05) is 26.7 Å². The molecule has 1 aromatic rings. The molecule has 5 nitrogen and oxygen atoms in total. The molecule has 0 aliphatic rings. The SMILES string of the molecule is CNCCCNC(=O)CNC(=O)CCc1ccc(C)cc1.Cl. The van der Waals surface area contributed by atoms with Gasteiger partial charge < -0.3 is 16.0 Å². The second-order valence-corrected chi connectivity index (χ2v) is 5.07. The van der Waals surface area contributed by atoms with Gasteiger partial charge in [-0.25, -0.2) is 0 Å². The Morgan fingerprint density at radius 2 is 1.68 bits per heavy atom. The number of nitrogens with one attached hydrogen (secondary N) is 3. The largest absolute Gasteiger partial charge is 0.355 e. The van der Waals surface area contributed by atoms with Gasteiger partial charge in [0.15, 0.2) is 0 Å². The highest BCUT2D eigenvalue weighted by atomic mass is 35.5. The van der Waals surface area contributed by atoms with Gasteiger partial charge in [0.05, 0.1) is 6.54 Å². The molecule has 0 spiro atoms. The number of rotatable bonds is 9. The monoisotopic (exact) mass is 327 g/mol. The van der Waals surface area contributed by atoms with E-state index in [1.54, 1.807) is 0 Å². The molecule has 0 fully saturated rings. The number of carbonyl (C=O) groups is 2. The summed E-state index contributed by atoms with van der Waals surface area (Å²) in [5.74, 6) is -0.240. The third-order valence-corrected chi connectivity index (χ3v) is 3.13. The van der Waals surface area contributed by atoms with E-state index in [0.29, 0.717) is 19.4 Å². The number of benzene rings is 1. The Kier molecular flexibility index (Phi) is 11.1. The first-order valence-electron chi connectivity index (χ1n) is 7.35. The van der Waals surface area contributed by atoms with Gasteiger partial charge in [0.2, 0.25) is 11.8 Å². The molecule has 2 amide bonds. The average Bonchev–Trinajstić information content (AvgIpc) is 2.49. The van der Waals surface area contributed by atoms with Crippen LogP contribution in [0.2, 0.25) is 0 Å². The topological polar surface area (TPSA) is 70.2 Å². The summed E-state index contributed by atoms with van der Waals surface area (Å²) in [6, 6.07) is 8.12. The summed E-state index contributed by atoms with van der Waals surface area (Å²) in [6.07, 6.45) is 1.97. The Labute approximate surface area is 138 Å². The number of hydrogen-bond donors (Lipinski definition) is 3. The van der Waals surface area contributed by atoms with Crippen molar-refractivity contribution in [2.45, 2.75) is 26.2 Å². The maximum atomic E-state index is 11.7. The van der Waals surface area contributed by atoms with Gasteiger partial charge in [0, 0.05) is 13.0 Å². The summed E-state index contributed by atoms with van der Waals surface area (Å²) < 4.78 is 0. The number of amides is 2. The van der Waals surface area contributed by atoms with Crippen LogP contribution in [0.5, 0.6) is 0 Å². The van der Waals surface area contributed by atoms with E-state index in [4.69, 9.17) is 0 Å². The van der Waals surface area contributed by atoms with Crippen LogP contribution in [-0.4, -0.2) is 38.5 Å². The van der Waals surface area contributed by atoms with Crippen LogP contribution in [0.15, 0.2) is 24.3 Å². The van der Waals surface area contributed by atoms with Crippen LogP contribution in [0.3, 0.4) is 0 Å². The lowest BCUT2D eigenvalue weighted by atomic mass is 10.1. The van der Waals surface area contributed by atoms with E-state index in [1.807, 2.05) is 38.2 Å². The van der Waals surface area contributed by atoms with Crippen LogP contribution < -0.4 is 16.0 Å². The Morgan fingerprint density at radius 3 is 2.32 bits per heavy atom. The first-order valence-corrected chi connectivity index (χ1v) is 7.35. The molecule has 0 saturated heterocycles. The molecule has 0 aliphatic heterocycles. The molecule has 0 bridgehead atoms. The first-order chi connectivity index (χ1) is 10.1. The maximum absolute atomic E-state index is 11.7. The molecule has 1 rings (SSSR count). The van der Waals surface area contributed by atoms with Crippen LogP contribution in [-0.2, 0) is 16.0 Å². The van der Waals surface area contributed by atoms with E-state index in [-0.39, 0.29) is 30.8 Å². The van der Waals surface area contributed by atoms with Gasteiger partial charge in [-0.15, -0.1) is 12.4 Å². The lowest BCUT2D eigenvalue weighted by Gasteiger charge is -2.07. The number of halogens is 1. The highest BCUT2D eigenvalue weighted by Crippen LogP contribution is 2.05. The van der Waals surface area contributed by atoms with Gasteiger partial charge in [-0.2, -0.15) is 0 Å². The molecule has 3 N–H and O–H groups in total. The van der Waals surface area contributed by atoms with E-state index in [1.165, 1.54) is 5.56 Å². The van der Waals surface area contributed by atoms with Gasteiger partial charge in [-0.1, -0.05) is 29.8 Å². The normalized spacial score (nSPS) is 9.73. The summed E-state index contributed by atoms with van der Waals surface area (Å²) in [5.41, 5.74) is 2.34. The van der Waals surface area contributed by atoms with Crippen molar-refractivity contribution in [1.82, 2.24) is 16.0 Å². The van der Waals surface area contributed by atoms with Crippen LogP contribution in [0.4, 0.5) is 0 Å². The number of hydrogen-bond acceptors (Lipinski definition) is 3. The summed E-state index contributed by atoms with van der Waals surface area (Å²) >= 11 is 0. The van der Waals surface area contributed by atoms with Crippen molar-refractivity contribution in [3.05, 3.63) is 35.4 Å². The Balaban J connectivity index is 0.00000441. The van der Waals surface area contributed by atoms with Gasteiger partial charge >= 0.3 is 0 Å². The predicted molar refractivity (Wildman–Crippen MR) is 91.3 cm³/mol. The molecule has 0 heterocycles. The molecule has 1 aromatic carbocycles. The van der Waals surface area contributed by atoms with Crippen LogP contribution in [0, 0.1) is 6.92 Å². The molecule has 0 atom stereocenters. The van der Waals surface area contributed by atoms with E-state index < -0.39 is 0 Å². The smallest absolute Gasteiger partial charge is 0.239 e. The summed E-state index contributed by atoms with van der Waals surface area (Å²) in [7, 11) is 1.87. The van der Waals surface area contributed by atoms with Crippen LogP contribution >= 0.6 is 12.4 Å². The fourth-order valence-electron chi connectivity index (χ4n) is 1.84. The molecule has 6 heteroatoms. The molecule has 0 aromatic heterocycles. The van der Waals surface area contributed by atoms with E-state index in [9.17, 15) is 9.59 Å². The summed E-state index contributed by atoms with van der Waals surface area (Å²) in [6.45, 7) is 3.57. The van der Waals surface area contributed by atoms with Crippen molar-refractivity contribution in [2.24, 2.45) is 0 Å². The Morgan fingerprint density at radius 1 is 1.00 bits per heavy atom. The number of aryl methyl sites for hydroxylation is 2. The lowest BCUT2D eigenvalue weighted by Crippen LogP contribution is -2.37. The quantitative estimate of drug-likeness (QED) is 0.597. The zero-order chi connectivity index (χ0) is 15.5. The standard InChI is InChI=1S/C16H25N3O2.ClH/c1-13-4-6-14(7-5-13)8-9-15(20)19-12-16(21)18-11-3-10-17-2;/h4-7,17H,3,8-12H2,1-2H3,(H,18,21)(H,19,20);1H. The molecule has 124 valence electrons.